The van der Waals surface area contributed by atoms with Crippen LogP contribution in [0.2, 0.25) is 5.28 Å². The second kappa shape index (κ2) is 14.7. The van der Waals surface area contributed by atoms with E-state index in [2.05, 4.69) is 16.3 Å². The quantitative estimate of drug-likeness (QED) is 0.386. The van der Waals surface area contributed by atoms with Crippen LogP contribution in [0.25, 0.3) is 0 Å². The van der Waals surface area contributed by atoms with Crippen LogP contribution in [0.4, 0.5) is 0 Å². The van der Waals surface area contributed by atoms with Crippen molar-refractivity contribution in [3.05, 3.63) is 0 Å². The molecule has 0 aliphatic heterocycles. The summed E-state index contributed by atoms with van der Waals surface area (Å²) in [4.78, 5) is 10.1. The number of hydrogen-bond donors (Lipinski definition) is 2. The summed E-state index contributed by atoms with van der Waals surface area (Å²) in [6, 6.07) is -0.707. The molecule has 0 spiro atoms. The molecule has 0 bridgehead atoms. The van der Waals surface area contributed by atoms with Gasteiger partial charge in [0.05, 0.1) is 0 Å². The van der Waals surface area contributed by atoms with E-state index in [-0.39, 0.29) is 16.4 Å². The van der Waals surface area contributed by atoms with Crippen LogP contribution in [-0.4, -0.2) is 61.3 Å². The number of carbonyl (C=O) groups is 1. The molecule has 0 aliphatic carbocycles. The van der Waals surface area contributed by atoms with Crippen molar-refractivity contribution in [2.75, 3.05) is 11.5 Å². The molecule has 13 heavy (non-hydrogen) atoms. The second-order valence-corrected chi connectivity index (χ2v) is 3.54. The van der Waals surface area contributed by atoms with Crippen LogP contribution in [0.5, 0.6) is 0 Å². The normalized spacial score (nSPS) is 9.92. The van der Waals surface area contributed by atoms with Gasteiger partial charge in [0, 0.05) is 5.75 Å². The molecule has 0 aromatic heterocycles. The molecule has 8 heteroatoms. The Labute approximate surface area is 89.2 Å². The summed E-state index contributed by atoms with van der Waals surface area (Å²) >= 11 is 4.14. The van der Waals surface area contributed by atoms with E-state index in [0.717, 1.165) is 11.0 Å². The summed E-state index contributed by atoms with van der Waals surface area (Å²) in [6.45, 7) is 0. The molecule has 0 fully saturated rings. The smallest absolute Gasteiger partial charge is 0.321 e. The third-order valence-corrected chi connectivity index (χ3v) is 2.70. The summed E-state index contributed by atoms with van der Waals surface area (Å²) in [7, 11) is 0. The van der Waals surface area contributed by atoms with Crippen molar-refractivity contribution in [2.24, 2.45) is 5.73 Å². The molecule has 0 heterocycles. The third-order valence-electron chi connectivity index (χ3n) is 0.877. The Hall–Kier alpha value is 0.192. The van der Waals surface area contributed by atoms with E-state index in [1.165, 1.54) is 0 Å². The molecule has 6 nitrogen and oxygen atoms in total. The largest absolute Gasteiger partial charge is 0.480 e. The Morgan fingerprint density at radius 2 is 1.92 bits per heavy atom. The number of rotatable bonds is 5. The zero-order valence-corrected chi connectivity index (χ0v) is 9.09. The number of carboxylic acids is 1. The average Bonchev–Trinajstić information content (AvgIpc) is 1.88. The highest BCUT2D eigenvalue weighted by Crippen LogP contribution is 2.02. The fourth-order valence-corrected chi connectivity index (χ4v) is 1.59. The Kier molecular flexibility index (Phi) is 26.2. The summed E-state index contributed by atoms with van der Waals surface area (Å²) in [5.74, 6) is 0.534. The topological polar surface area (TPSA) is 158 Å². The number of nitrogens with two attached hydrogens (primary N) is 1. The molecule has 2 radical (unpaired) electrons. The first kappa shape index (κ1) is 23.2. The molecule has 0 saturated carbocycles. The molecule has 0 amide bonds. The van der Waals surface area contributed by atoms with Crippen LogP contribution < -0.4 is 5.73 Å². The van der Waals surface area contributed by atoms with Crippen LogP contribution in [0.3, 0.4) is 0 Å². The summed E-state index contributed by atoms with van der Waals surface area (Å²) in [5.41, 5.74) is 5.23. The lowest BCUT2D eigenvalue weighted by Gasteiger charge is -2.03. The Balaban J connectivity index is -0.000000135. The van der Waals surface area contributed by atoms with E-state index in [1.54, 1.807) is 11.8 Å². The zero-order valence-electron chi connectivity index (χ0n) is 7.12. The standard InChI is InChI=1S/C5H10NO2S.Al.3H2O/c1-2-9-3-4(6)5(7)8;;;;/h4H,1-3,6H2,(H,7,8);;3*1H2/t4-;;;;/m0..../s1. The van der Waals surface area contributed by atoms with E-state index >= 15 is 0 Å². The van der Waals surface area contributed by atoms with Crippen molar-refractivity contribution in [1.29, 1.82) is 0 Å². The molecule has 0 aromatic carbocycles. The molecular weight excluding hydrogens is 213 g/mol. The Morgan fingerprint density at radius 1 is 1.46 bits per heavy atom. The highest BCUT2D eigenvalue weighted by atomic mass is 32.2. The third kappa shape index (κ3) is 15.0. The molecule has 1 atom stereocenters. The van der Waals surface area contributed by atoms with Gasteiger partial charge in [0.1, 0.15) is 22.3 Å². The average molecular weight is 229 g/mol. The second-order valence-electron chi connectivity index (χ2n) is 1.81. The highest BCUT2D eigenvalue weighted by Gasteiger charge is 2.09. The lowest BCUT2D eigenvalue weighted by molar-refractivity contribution is -0.137. The van der Waals surface area contributed by atoms with Crippen LogP contribution in [0.15, 0.2) is 0 Å². The van der Waals surface area contributed by atoms with Gasteiger partial charge in [0.25, 0.3) is 0 Å². The molecular formula is C5H16AlNO5S. The van der Waals surface area contributed by atoms with Crippen molar-refractivity contribution in [2.45, 2.75) is 11.3 Å². The minimum Gasteiger partial charge on any atom is -0.480 e. The Bertz CT molecular complexity index is 117. The number of aliphatic carboxylic acids is 1. The first-order valence-electron chi connectivity index (χ1n) is 2.94. The molecule has 80 valence electrons. The minimum absolute atomic E-state index is 0. The van der Waals surface area contributed by atoms with Gasteiger partial charge >= 0.3 is 5.97 Å². The van der Waals surface area contributed by atoms with Crippen LogP contribution >= 0.6 is 11.8 Å². The fourth-order valence-electron chi connectivity index (χ4n) is 0.365. The summed E-state index contributed by atoms with van der Waals surface area (Å²) in [5, 5.41) is 9.32. The van der Waals surface area contributed by atoms with Gasteiger partial charge in [0.2, 0.25) is 0 Å². The predicted molar refractivity (Wildman–Crippen MR) is 54.3 cm³/mol. The molecule has 0 aromatic rings. The van der Waals surface area contributed by atoms with Gasteiger partial charge in [-0.25, -0.2) is 0 Å². The lowest BCUT2D eigenvalue weighted by Crippen LogP contribution is -2.32. The monoisotopic (exact) mass is 229 g/mol. The van der Waals surface area contributed by atoms with Gasteiger partial charge in [-0.1, -0.05) is 0 Å². The molecule has 0 unspecified atom stereocenters. The maximum Gasteiger partial charge on any atom is 0.321 e. The maximum atomic E-state index is 10.1. The Morgan fingerprint density at radius 3 is 2.23 bits per heavy atom. The highest BCUT2D eigenvalue weighted by molar-refractivity contribution is 7.99. The van der Waals surface area contributed by atoms with E-state index < -0.39 is 12.0 Å². The van der Waals surface area contributed by atoms with Crippen LogP contribution in [0, 0.1) is 0 Å². The first-order chi connectivity index (χ1) is 4.68. The van der Waals surface area contributed by atoms with E-state index in [0.29, 0.717) is 5.75 Å². The van der Waals surface area contributed by atoms with Crippen molar-refractivity contribution in [3.63, 3.8) is 0 Å². The minimum atomic E-state index is -0.920. The molecule has 0 rings (SSSR count). The van der Waals surface area contributed by atoms with Crippen molar-refractivity contribution in [3.8, 4) is 0 Å². The SMILES string of the molecule is N[C@@H](CSC[CH2][Al])C(=O)O.O.O.O. The van der Waals surface area contributed by atoms with E-state index in [1.807, 2.05) is 0 Å². The summed E-state index contributed by atoms with van der Waals surface area (Å²) < 4.78 is 0. The van der Waals surface area contributed by atoms with Crippen molar-refractivity contribution >= 4 is 34.0 Å². The van der Waals surface area contributed by atoms with Crippen LogP contribution in [-0.2, 0) is 4.79 Å². The first-order valence-corrected chi connectivity index (χ1v) is 4.91. The zero-order chi connectivity index (χ0) is 7.98. The van der Waals surface area contributed by atoms with E-state index in [4.69, 9.17) is 10.8 Å². The van der Waals surface area contributed by atoms with Crippen molar-refractivity contribution in [1.82, 2.24) is 0 Å². The van der Waals surface area contributed by atoms with Gasteiger partial charge in [-0.05, 0) is 5.75 Å². The summed E-state index contributed by atoms with van der Waals surface area (Å²) in [6.07, 6.45) is 0. The number of thioether (sulfide) groups is 1. The number of carboxylic acid groups (broad SMARTS) is 1. The molecule has 9 N–H and O–H groups in total. The predicted octanol–water partition coefficient (Wildman–Crippen LogP) is -2.76. The van der Waals surface area contributed by atoms with Gasteiger partial charge < -0.3 is 27.3 Å². The molecule has 0 saturated heterocycles. The van der Waals surface area contributed by atoms with E-state index in [9.17, 15) is 4.79 Å². The van der Waals surface area contributed by atoms with Gasteiger partial charge in [-0.2, -0.15) is 11.8 Å². The van der Waals surface area contributed by atoms with Crippen LogP contribution in [0.1, 0.15) is 0 Å². The lowest BCUT2D eigenvalue weighted by atomic mass is 10.4. The molecule has 0 aliphatic rings. The van der Waals surface area contributed by atoms with Gasteiger partial charge in [0.15, 0.2) is 0 Å². The van der Waals surface area contributed by atoms with Gasteiger partial charge in [-0.15, -0.1) is 5.28 Å². The van der Waals surface area contributed by atoms with Gasteiger partial charge in [-0.3, -0.25) is 4.79 Å². The fraction of sp³-hybridized carbons (Fsp3) is 0.800. The maximum absolute atomic E-state index is 10.1. The van der Waals surface area contributed by atoms with Crippen molar-refractivity contribution < 1.29 is 26.3 Å². The number of hydrogen-bond acceptors (Lipinski definition) is 3.